The molecule has 1 amide bonds. The summed E-state index contributed by atoms with van der Waals surface area (Å²) in [5, 5.41) is 2.85. The number of benzene rings is 2. The van der Waals surface area contributed by atoms with Gasteiger partial charge in [0.2, 0.25) is 0 Å². The van der Waals surface area contributed by atoms with Crippen molar-refractivity contribution < 1.29 is 14.3 Å². The van der Waals surface area contributed by atoms with Crippen LogP contribution < -0.4 is 10.1 Å². The van der Waals surface area contributed by atoms with Crippen molar-refractivity contribution in [2.45, 2.75) is 6.92 Å². The SMILES string of the molecule is CCOCCOc1ccccc1C(=O)Nc1ccccc1. The van der Waals surface area contributed by atoms with E-state index in [2.05, 4.69) is 5.32 Å². The normalized spacial score (nSPS) is 10.1. The van der Waals surface area contributed by atoms with Gasteiger partial charge in [-0.15, -0.1) is 0 Å². The van der Waals surface area contributed by atoms with E-state index in [0.29, 0.717) is 31.1 Å². The Hall–Kier alpha value is -2.33. The predicted molar refractivity (Wildman–Crippen MR) is 82.8 cm³/mol. The van der Waals surface area contributed by atoms with Crippen LogP contribution in [0.2, 0.25) is 0 Å². The minimum Gasteiger partial charge on any atom is -0.490 e. The van der Waals surface area contributed by atoms with E-state index in [0.717, 1.165) is 5.69 Å². The number of amides is 1. The molecule has 0 saturated heterocycles. The number of hydrogen-bond donors (Lipinski definition) is 1. The van der Waals surface area contributed by atoms with Crippen molar-refractivity contribution in [3.05, 3.63) is 60.2 Å². The van der Waals surface area contributed by atoms with Gasteiger partial charge in [-0.2, -0.15) is 0 Å². The van der Waals surface area contributed by atoms with E-state index in [4.69, 9.17) is 9.47 Å². The van der Waals surface area contributed by atoms with Gasteiger partial charge < -0.3 is 14.8 Å². The van der Waals surface area contributed by atoms with E-state index < -0.39 is 0 Å². The summed E-state index contributed by atoms with van der Waals surface area (Å²) in [5.74, 6) is 0.374. The lowest BCUT2D eigenvalue weighted by Crippen LogP contribution is -2.15. The average molecular weight is 285 g/mol. The summed E-state index contributed by atoms with van der Waals surface area (Å²) in [7, 11) is 0. The van der Waals surface area contributed by atoms with Crippen LogP contribution in [-0.4, -0.2) is 25.7 Å². The molecule has 0 spiro atoms. The monoisotopic (exact) mass is 285 g/mol. The van der Waals surface area contributed by atoms with Crippen LogP contribution in [0, 0.1) is 0 Å². The van der Waals surface area contributed by atoms with E-state index in [1.54, 1.807) is 12.1 Å². The molecule has 0 heterocycles. The highest BCUT2D eigenvalue weighted by atomic mass is 16.5. The molecule has 0 aliphatic heterocycles. The number of hydrogen-bond acceptors (Lipinski definition) is 3. The Balaban J connectivity index is 2.03. The molecular formula is C17H19NO3. The van der Waals surface area contributed by atoms with E-state index >= 15 is 0 Å². The summed E-state index contributed by atoms with van der Waals surface area (Å²) < 4.78 is 10.8. The van der Waals surface area contributed by atoms with Gasteiger partial charge in [-0.25, -0.2) is 0 Å². The van der Waals surface area contributed by atoms with E-state index in [9.17, 15) is 4.79 Å². The van der Waals surface area contributed by atoms with E-state index in [1.807, 2.05) is 49.4 Å². The fourth-order valence-corrected chi connectivity index (χ4v) is 1.85. The molecule has 0 aliphatic carbocycles. The molecule has 0 saturated carbocycles. The van der Waals surface area contributed by atoms with Gasteiger partial charge in [0.15, 0.2) is 0 Å². The molecule has 110 valence electrons. The highest BCUT2D eigenvalue weighted by Crippen LogP contribution is 2.19. The van der Waals surface area contributed by atoms with Crippen LogP contribution in [-0.2, 0) is 4.74 Å². The maximum Gasteiger partial charge on any atom is 0.259 e. The molecule has 0 aromatic heterocycles. The maximum absolute atomic E-state index is 12.3. The molecule has 2 rings (SSSR count). The Morgan fingerprint density at radius 3 is 2.48 bits per heavy atom. The number of anilines is 1. The number of ether oxygens (including phenoxy) is 2. The minimum absolute atomic E-state index is 0.187. The number of rotatable bonds is 7. The smallest absolute Gasteiger partial charge is 0.259 e. The topological polar surface area (TPSA) is 47.6 Å². The highest BCUT2D eigenvalue weighted by Gasteiger charge is 2.12. The molecule has 0 radical (unpaired) electrons. The Morgan fingerprint density at radius 1 is 1.00 bits per heavy atom. The van der Waals surface area contributed by atoms with Gasteiger partial charge in [-0.3, -0.25) is 4.79 Å². The third kappa shape index (κ3) is 4.61. The molecule has 4 nitrogen and oxygen atoms in total. The first kappa shape index (κ1) is 15.1. The van der Waals surface area contributed by atoms with Crippen molar-refractivity contribution in [1.29, 1.82) is 0 Å². The van der Waals surface area contributed by atoms with Gasteiger partial charge >= 0.3 is 0 Å². The number of nitrogens with one attached hydrogen (secondary N) is 1. The number of carbonyl (C=O) groups is 1. The second-order valence-corrected chi connectivity index (χ2v) is 4.36. The van der Waals surface area contributed by atoms with Crippen LogP contribution in [0.3, 0.4) is 0 Å². The first-order valence-corrected chi connectivity index (χ1v) is 6.97. The molecular weight excluding hydrogens is 266 g/mol. The Labute approximate surface area is 124 Å². The summed E-state index contributed by atoms with van der Waals surface area (Å²) >= 11 is 0. The van der Waals surface area contributed by atoms with Crippen molar-refractivity contribution in [3.8, 4) is 5.75 Å². The Kier molecular flexibility index (Phi) is 5.79. The third-order valence-electron chi connectivity index (χ3n) is 2.85. The zero-order chi connectivity index (χ0) is 14.9. The quantitative estimate of drug-likeness (QED) is 0.794. The molecule has 2 aromatic rings. The summed E-state index contributed by atoms with van der Waals surface area (Å²) in [5.41, 5.74) is 1.27. The molecule has 2 aromatic carbocycles. The Morgan fingerprint density at radius 2 is 1.71 bits per heavy atom. The van der Waals surface area contributed by atoms with Crippen LogP contribution >= 0.6 is 0 Å². The van der Waals surface area contributed by atoms with Gasteiger partial charge in [0.1, 0.15) is 12.4 Å². The van der Waals surface area contributed by atoms with E-state index in [-0.39, 0.29) is 5.91 Å². The lowest BCUT2D eigenvalue weighted by Gasteiger charge is -2.11. The molecule has 0 bridgehead atoms. The van der Waals surface area contributed by atoms with Crippen LogP contribution in [0.15, 0.2) is 54.6 Å². The molecule has 21 heavy (non-hydrogen) atoms. The fraction of sp³-hybridized carbons (Fsp3) is 0.235. The molecule has 0 unspecified atom stereocenters. The van der Waals surface area contributed by atoms with Gasteiger partial charge in [-0.1, -0.05) is 30.3 Å². The van der Waals surface area contributed by atoms with Crippen LogP contribution in [0.25, 0.3) is 0 Å². The van der Waals surface area contributed by atoms with Crippen LogP contribution in [0.5, 0.6) is 5.75 Å². The lowest BCUT2D eigenvalue weighted by molar-refractivity contribution is 0.0998. The molecule has 1 N–H and O–H groups in total. The van der Waals surface area contributed by atoms with Crippen molar-refractivity contribution in [3.63, 3.8) is 0 Å². The lowest BCUT2D eigenvalue weighted by atomic mass is 10.2. The molecule has 0 aliphatic rings. The second-order valence-electron chi connectivity index (χ2n) is 4.36. The summed E-state index contributed by atoms with van der Waals surface area (Å²) in [6.45, 7) is 3.51. The fourth-order valence-electron chi connectivity index (χ4n) is 1.85. The van der Waals surface area contributed by atoms with Crippen molar-refractivity contribution in [2.24, 2.45) is 0 Å². The highest BCUT2D eigenvalue weighted by molar-refractivity contribution is 6.06. The van der Waals surface area contributed by atoms with Crippen LogP contribution in [0.4, 0.5) is 5.69 Å². The van der Waals surface area contributed by atoms with Crippen molar-refractivity contribution in [1.82, 2.24) is 0 Å². The molecule has 4 heteroatoms. The predicted octanol–water partition coefficient (Wildman–Crippen LogP) is 3.35. The summed E-state index contributed by atoms with van der Waals surface area (Å²) in [6.07, 6.45) is 0. The van der Waals surface area contributed by atoms with Gasteiger partial charge in [-0.05, 0) is 31.2 Å². The number of para-hydroxylation sites is 2. The first-order chi connectivity index (χ1) is 10.3. The van der Waals surface area contributed by atoms with E-state index in [1.165, 1.54) is 0 Å². The molecule has 0 fully saturated rings. The largest absolute Gasteiger partial charge is 0.490 e. The van der Waals surface area contributed by atoms with Crippen molar-refractivity contribution >= 4 is 11.6 Å². The van der Waals surface area contributed by atoms with Gasteiger partial charge in [0.05, 0.1) is 12.2 Å². The van der Waals surface area contributed by atoms with Crippen LogP contribution in [0.1, 0.15) is 17.3 Å². The first-order valence-electron chi connectivity index (χ1n) is 6.97. The average Bonchev–Trinajstić information content (AvgIpc) is 2.53. The second kappa shape index (κ2) is 8.07. The summed E-state index contributed by atoms with van der Waals surface area (Å²) in [4.78, 5) is 12.3. The maximum atomic E-state index is 12.3. The third-order valence-corrected chi connectivity index (χ3v) is 2.85. The Bertz CT molecular complexity index is 569. The zero-order valence-electron chi connectivity index (χ0n) is 12.0. The molecule has 0 atom stereocenters. The van der Waals surface area contributed by atoms with Crippen molar-refractivity contribution in [2.75, 3.05) is 25.1 Å². The zero-order valence-corrected chi connectivity index (χ0v) is 12.0. The standard InChI is InChI=1S/C17H19NO3/c1-2-20-12-13-21-16-11-7-6-10-15(16)17(19)18-14-8-4-3-5-9-14/h3-11H,2,12-13H2,1H3,(H,18,19). The van der Waals surface area contributed by atoms with Gasteiger partial charge in [0.25, 0.3) is 5.91 Å². The van der Waals surface area contributed by atoms with Gasteiger partial charge in [0, 0.05) is 12.3 Å². The minimum atomic E-state index is -0.187. The summed E-state index contributed by atoms with van der Waals surface area (Å²) in [6, 6.07) is 16.5. The number of carbonyl (C=O) groups excluding carboxylic acids is 1.